The van der Waals surface area contributed by atoms with Gasteiger partial charge in [-0.05, 0) is 62.2 Å². The molecule has 0 aromatic carbocycles. The lowest BCUT2D eigenvalue weighted by molar-refractivity contribution is -0.118. The molecule has 3 atom stereocenters. The minimum atomic E-state index is 0.221. The van der Waals surface area contributed by atoms with Crippen LogP contribution in [-0.2, 0) is 0 Å². The number of hydrogen-bond donors (Lipinski definition) is 1. The molecule has 1 N–H and O–H groups in total. The van der Waals surface area contributed by atoms with Crippen molar-refractivity contribution in [3.8, 4) is 12.3 Å². The Morgan fingerprint density at radius 3 is 2.18 bits per heavy atom. The highest BCUT2D eigenvalue weighted by atomic mass is 15.0. The van der Waals surface area contributed by atoms with Crippen LogP contribution in [0.2, 0.25) is 0 Å². The van der Waals surface area contributed by atoms with Crippen LogP contribution in [0.25, 0.3) is 0 Å². The molecule has 4 aliphatic carbocycles. The minimum absolute atomic E-state index is 0.221. The van der Waals surface area contributed by atoms with Gasteiger partial charge in [0.05, 0.1) is 6.04 Å². The summed E-state index contributed by atoms with van der Waals surface area (Å²) in [6, 6.07) is 0.221. The topological polar surface area (TPSA) is 12.0 Å². The van der Waals surface area contributed by atoms with E-state index in [2.05, 4.69) is 32.0 Å². The predicted octanol–water partition coefficient (Wildman–Crippen LogP) is 3.35. The monoisotopic (exact) mass is 231 g/mol. The van der Waals surface area contributed by atoms with Gasteiger partial charge >= 0.3 is 0 Å². The van der Waals surface area contributed by atoms with Crippen LogP contribution in [0.4, 0.5) is 0 Å². The molecule has 4 saturated carbocycles. The molecule has 1 heteroatoms. The molecular formula is C16H25N. The Balaban J connectivity index is 1.90. The molecule has 0 aliphatic heterocycles. The molecule has 4 rings (SSSR count). The van der Waals surface area contributed by atoms with E-state index in [9.17, 15) is 0 Å². The van der Waals surface area contributed by atoms with E-state index in [0.717, 1.165) is 5.92 Å². The average Bonchev–Trinajstić information content (AvgIpc) is 2.10. The normalized spacial score (nSPS) is 53.4. The van der Waals surface area contributed by atoms with Crippen LogP contribution in [0.15, 0.2) is 0 Å². The molecule has 0 aromatic heterocycles. The lowest BCUT2D eigenvalue weighted by Crippen LogP contribution is -2.65. The van der Waals surface area contributed by atoms with E-state index in [1.54, 1.807) is 0 Å². The third-order valence-electron chi connectivity index (χ3n) is 5.40. The van der Waals surface area contributed by atoms with Gasteiger partial charge in [0.25, 0.3) is 0 Å². The quantitative estimate of drug-likeness (QED) is 0.719. The molecule has 4 fully saturated rings. The molecule has 0 aromatic rings. The van der Waals surface area contributed by atoms with Crippen molar-refractivity contribution in [1.29, 1.82) is 0 Å². The van der Waals surface area contributed by atoms with Crippen LogP contribution in [-0.4, -0.2) is 11.6 Å². The van der Waals surface area contributed by atoms with E-state index in [1.807, 2.05) is 0 Å². The highest BCUT2D eigenvalue weighted by Crippen LogP contribution is 2.66. The zero-order chi connectivity index (χ0) is 12.3. The van der Waals surface area contributed by atoms with Gasteiger partial charge in [-0.1, -0.05) is 19.8 Å². The van der Waals surface area contributed by atoms with Gasteiger partial charge in [-0.25, -0.2) is 0 Å². The molecule has 1 nitrogen and oxygen atoms in total. The van der Waals surface area contributed by atoms with Crippen molar-refractivity contribution in [3.05, 3.63) is 0 Å². The maximum absolute atomic E-state index is 5.55. The molecular weight excluding hydrogens is 206 g/mol. The smallest absolute Gasteiger partial charge is 0.0662 e. The summed E-state index contributed by atoms with van der Waals surface area (Å²) < 4.78 is 0. The van der Waals surface area contributed by atoms with Crippen molar-refractivity contribution in [2.45, 2.75) is 70.9 Å². The first-order valence-corrected chi connectivity index (χ1v) is 7.10. The van der Waals surface area contributed by atoms with E-state index < -0.39 is 0 Å². The number of terminal acetylenes is 1. The van der Waals surface area contributed by atoms with E-state index >= 15 is 0 Å². The van der Waals surface area contributed by atoms with Crippen molar-refractivity contribution >= 4 is 0 Å². The molecule has 0 heterocycles. The summed E-state index contributed by atoms with van der Waals surface area (Å²) in [6.07, 6.45) is 14.0. The van der Waals surface area contributed by atoms with Crippen molar-refractivity contribution in [2.75, 3.05) is 0 Å². The Morgan fingerprint density at radius 1 is 1.12 bits per heavy atom. The fourth-order valence-corrected chi connectivity index (χ4v) is 6.11. The Hall–Kier alpha value is -0.480. The maximum Gasteiger partial charge on any atom is 0.0662 e. The van der Waals surface area contributed by atoms with E-state index in [-0.39, 0.29) is 6.04 Å². The van der Waals surface area contributed by atoms with Crippen molar-refractivity contribution in [2.24, 2.45) is 16.7 Å². The second kappa shape index (κ2) is 3.29. The number of hydrogen-bond acceptors (Lipinski definition) is 1. The van der Waals surface area contributed by atoms with Crippen molar-refractivity contribution in [1.82, 2.24) is 5.32 Å². The summed E-state index contributed by atoms with van der Waals surface area (Å²) in [4.78, 5) is 0. The highest BCUT2D eigenvalue weighted by Gasteiger charge is 2.60. The Morgan fingerprint density at radius 2 is 1.71 bits per heavy atom. The van der Waals surface area contributed by atoms with Crippen LogP contribution < -0.4 is 5.32 Å². The summed E-state index contributed by atoms with van der Waals surface area (Å²) in [7, 11) is 0. The van der Waals surface area contributed by atoms with Gasteiger partial charge in [0, 0.05) is 5.54 Å². The van der Waals surface area contributed by atoms with Gasteiger partial charge in [0.2, 0.25) is 0 Å². The van der Waals surface area contributed by atoms with Crippen LogP contribution in [0.1, 0.15) is 59.3 Å². The fourth-order valence-electron chi connectivity index (χ4n) is 6.11. The molecule has 0 amide bonds. The zero-order valence-electron chi connectivity index (χ0n) is 11.5. The molecule has 4 aliphatic rings. The SMILES string of the molecule is C#CC(C)NC12CC3CC(C)(CC(C)(C3)C1)C2. The van der Waals surface area contributed by atoms with Gasteiger partial charge in [-0.15, -0.1) is 6.42 Å². The van der Waals surface area contributed by atoms with Crippen molar-refractivity contribution in [3.63, 3.8) is 0 Å². The second-order valence-corrected chi connectivity index (χ2v) is 7.94. The molecule has 94 valence electrons. The molecule has 3 unspecified atom stereocenters. The lowest BCUT2D eigenvalue weighted by atomic mass is 9.42. The summed E-state index contributed by atoms with van der Waals surface area (Å²) in [5.41, 5.74) is 1.51. The van der Waals surface area contributed by atoms with E-state index in [1.165, 1.54) is 38.5 Å². The van der Waals surface area contributed by atoms with Gasteiger partial charge in [0.1, 0.15) is 0 Å². The highest BCUT2D eigenvalue weighted by molar-refractivity contribution is 5.16. The largest absolute Gasteiger partial charge is 0.298 e. The van der Waals surface area contributed by atoms with Gasteiger partial charge in [-0.3, -0.25) is 5.32 Å². The van der Waals surface area contributed by atoms with Gasteiger partial charge in [-0.2, -0.15) is 0 Å². The first-order valence-electron chi connectivity index (χ1n) is 7.10. The summed E-state index contributed by atoms with van der Waals surface area (Å²) in [5.74, 6) is 3.80. The third kappa shape index (κ3) is 1.82. The van der Waals surface area contributed by atoms with Crippen molar-refractivity contribution < 1.29 is 0 Å². The summed E-state index contributed by atoms with van der Waals surface area (Å²) >= 11 is 0. The minimum Gasteiger partial charge on any atom is -0.298 e. The molecule has 0 spiro atoms. The maximum atomic E-state index is 5.55. The van der Waals surface area contributed by atoms with Crippen LogP contribution in [0.5, 0.6) is 0 Å². The lowest BCUT2D eigenvalue weighted by Gasteiger charge is -2.66. The van der Waals surface area contributed by atoms with Crippen LogP contribution in [0, 0.1) is 29.1 Å². The predicted molar refractivity (Wildman–Crippen MR) is 71.6 cm³/mol. The van der Waals surface area contributed by atoms with Crippen LogP contribution >= 0.6 is 0 Å². The third-order valence-corrected chi connectivity index (χ3v) is 5.40. The first-order chi connectivity index (χ1) is 7.86. The Kier molecular flexibility index (Phi) is 2.25. The second-order valence-electron chi connectivity index (χ2n) is 7.94. The molecule has 4 bridgehead atoms. The van der Waals surface area contributed by atoms with E-state index in [4.69, 9.17) is 6.42 Å². The summed E-state index contributed by atoms with van der Waals surface area (Å²) in [6.45, 7) is 7.14. The molecule has 0 radical (unpaired) electrons. The number of rotatable bonds is 2. The zero-order valence-corrected chi connectivity index (χ0v) is 11.5. The number of nitrogens with one attached hydrogen (secondary N) is 1. The van der Waals surface area contributed by atoms with Gasteiger partial charge < -0.3 is 0 Å². The van der Waals surface area contributed by atoms with E-state index in [0.29, 0.717) is 16.4 Å². The Bertz CT molecular complexity index is 359. The van der Waals surface area contributed by atoms with Gasteiger partial charge in [0.15, 0.2) is 0 Å². The molecule has 0 saturated heterocycles. The van der Waals surface area contributed by atoms with Crippen LogP contribution in [0.3, 0.4) is 0 Å². The summed E-state index contributed by atoms with van der Waals surface area (Å²) in [5, 5.41) is 3.79. The Labute approximate surface area is 106 Å². The fraction of sp³-hybridized carbons (Fsp3) is 0.875. The molecule has 17 heavy (non-hydrogen) atoms. The average molecular weight is 231 g/mol. The standard InChI is InChI=1S/C16H25N/c1-5-12(2)17-16-8-13-6-14(3,10-16)9-15(4,7-13)11-16/h1,12-13,17H,6-11H2,2-4H3. The first kappa shape index (κ1) is 11.6.